The lowest BCUT2D eigenvalue weighted by atomic mass is 9.97. The predicted octanol–water partition coefficient (Wildman–Crippen LogP) is 1.75. The second kappa shape index (κ2) is 7.24. The summed E-state index contributed by atoms with van der Waals surface area (Å²) in [6.07, 6.45) is 1.18. The first-order valence-corrected chi connectivity index (χ1v) is 9.31. The molecule has 22 heavy (non-hydrogen) atoms. The van der Waals surface area contributed by atoms with Gasteiger partial charge in [0.1, 0.15) is 0 Å². The molecule has 0 radical (unpaired) electrons. The lowest BCUT2D eigenvalue weighted by Gasteiger charge is -2.31. The minimum absolute atomic E-state index is 0.0245. The van der Waals surface area contributed by atoms with Crippen molar-refractivity contribution in [1.82, 2.24) is 9.62 Å². The molecule has 6 heteroatoms. The van der Waals surface area contributed by atoms with Crippen molar-refractivity contribution in [3.8, 4) is 0 Å². The maximum Gasteiger partial charge on any atom is 0.223 e. The second-order valence-electron chi connectivity index (χ2n) is 6.08. The zero-order valence-corrected chi connectivity index (χ0v) is 14.0. The van der Waals surface area contributed by atoms with Gasteiger partial charge in [-0.1, -0.05) is 30.3 Å². The molecule has 122 valence electrons. The van der Waals surface area contributed by atoms with Gasteiger partial charge in [0.05, 0.1) is 5.75 Å². The molecule has 0 saturated carbocycles. The van der Waals surface area contributed by atoms with E-state index in [9.17, 15) is 13.2 Å². The number of nitrogens with one attached hydrogen (secondary N) is 1. The summed E-state index contributed by atoms with van der Waals surface area (Å²) in [7, 11) is -3.31. The van der Waals surface area contributed by atoms with Crippen molar-refractivity contribution in [2.24, 2.45) is 5.92 Å². The van der Waals surface area contributed by atoms with E-state index >= 15 is 0 Å². The van der Waals surface area contributed by atoms with Crippen molar-refractivity contribution in [2.75, 3.05) is 13.1 Å². The number of sulfonamides is 1. The Balaban J connectivity index is 1.92. The SMILES string of the molecule is CC(C)NC(=O)C1CCN(S(=O)(=O)Cc2ccccc2)CC1. The summed E-state index contributed by atoms with van der Waals surface area (Å²) < 4.78 is 26.4. The van der Waals surface area contributed by atoms with E-state index in [2.05, 4.69) is 5.32 Å². The molecule has 0 bridgehead atoms. The van der Waals surface area contributed by atoms with Crippen LogP contribution in [-0.4, -0.2) is 37.8 Å². The number of carbonyl (C=O) groups is 1. The number of amides is 1. The van der Waals surface area contributed by atoms with E-state index in [1.807, 2.05) is 44.2 Å². The molecule has 0 aliphatic carbocycles. The summed E-state index contributed by atoms with van der Waals surface area (Å²) in [4.78, 5) is 12.0. The summed E-state index contributed by atoms with van der Waals surface area (Å²) in [6, 6.07) is 9.31. The first-order chi connectivity index (χ1) is 10.4. The van der Waals surface area contributed by atoms with Crippen molar-refractivity contribution < 1.29 is 13.2 Å². The van der Waals surface area contributed by atoms with Crippen LogP contribution < -0.4 is 5.32 Å². The average molecular weight is 324 g/mol. The largest absolute Gasteiger partial charge is 0.354 e. The third-order valence-corrected chi connectivity index (χ3v) is 5.69. The molecule has 1 saturated heterocycles. The molecule has 1 amide bonds. The van der Waals surface area contributed by atoms with Gasteiger partial charge in [0.2, 0.25) is 15.9 Å². The summed E-state index contributed by atoms with van der Waals surface area (Å²) in [5.74, 6) is -0.0165. The first-order valence-electron chi connectivity index (χ1n) is 7.70. The van der Waals surface area contributed by atoms with E-state index in [4.69, 9.17) is 0 Å². The molecule has 0 atom stereocenters. The van der Waals surface area contributed by atoms with Crippen molar-refractivity contribution in [2.45, 2.75) is 38.5 Å². The second-order valence-corrected chi connectivity index (χ2v) is 8.05. The van der Waals surface area contributed by atoms with Gasteiger partial charge < -0.3 is 5.32 Å². The molecule has 5 nitrogen and oxygen atoms in total. The highest BCUT2D eigenvalue weighted by molar-refractivity contribution is 7.88. The highest BCUT2D eigenvalue weighted by Crippen LogP contribution is 2.22. The molecule has 1 fully saturated rings. The number of carbonyl (C=O) groups excluding carboxylic acids is 1. The van der Waals surface area contributed by atoms with Gasteiger partial charge in [0.15, 0.2) is 0 Å². The highest BCUT2D eigenvalue weighted by atomic mass is 32.2. The summed E-state index contributed by atoms with van der Waals surface area (Å²) in [5, 5.41) is 2.90. The van der Waals surface area contributed by atoms with Crippen LogP contribution in [0.5, 0.6) is 0 Å². The molecule has 1 aromatic rings. The van der Waals surface area contributed by atoms with E-state index in [-0.39, 0.29) is 23.6 Å². The van der Waals surface area contributed by atoms with Crippen molar-refractivity contribution in [3.05, 3.63) is 35.9 Å². The molecule has 1 aliphatic rings. The van der Waals surface area contributed by atoms with Crippen LogP contribution in [0.2, 0.25) is 0 Å². The van der Waals surface area contributed by atoms with Crippen LogP contribution in [-0.2, 0) is 20.6 Å². The van der Waals surface area contributed by atoms with Crippen LogP contribution in [0, 0.1) is 5.92 Å². The number of piperidine rings is 1. The molecule has 0 spiro atoms. The Bertz CT molecular complexity index is 591. The van der Waals surface area contributed by atoms with E-state index in [0.29, 0.717) is 25.9 Å². The lowest BCUT2D eigenvalue weighted by Crippen LogP contribution is -2.44. The van der Waals surface area contributed by atoms with Crippen LogP contribution in [0.3, 0.4) is 0 Å². The van der Waals surface area contributed by atoms with E-state index in [0.717, 1.165) is 5.56 Å². The average Bonchev–Trinajstić information content (AvgIpc) is 2.47. The fourth-order valence-corrected chi connectivity index (χ4v) is 4.24. The topological polar surface area (TPSA) is 66.5 Å². The third-order valence-electron chi connectivity index (χ3n) is 3.84. The third kappa shape index (κ3) is 4.55. The van der Waals surface area contributed by atoms with Gasteiger partial charge in [-0.05, 0) is 32.3 Å². The quantitative estimate of drug-likeness (QED) is 0.897. The molecule has 2 rings (SSSR count). The first kappa shape index (κ1) is 17.0. The zero-order chi connectivity index (χ0) is 16.2. The number of rotatable bonds is 5. The number of hydrogen-bond donors (Lipinski definition) is 1. The normalized spacial score (nSPS) is 17.6. The highest BCUT2D eigenvalue weighted by Gasteiger charge is 2.31. The maximum absolute atomic E-state index is 12.4. The van der Waals surface area contributed by atoms with E-state index in [1.54, 1.807) is 0 Å². The van der Waals surface area contributed by atoms with Crippen LogP contribution in [0.1, 0.15) is 32.3 Å². The number of hydrogen-bond acceptors (Lipinski definition) is 3. The molecule has 0 aromatic heterocycles. The number of benzene rings is 1. The molecule has 1 aromatic carbocycles. The molecule has 1 heterocycles. The van der Waals surface area contributed by atoms with Gasteiger partial charge in [-0.2, -0.15) is 0 Å². The zero-order valence-electron chi connectivity index (χ0n) is 13.2. The minimum atomic E-state index is -3.31. The lowest BCUT2D eigenvalue weighted by molar-refractivity contribution is -0.126. The Kier molecular flexibility index (Phi) is 5.58. The predicted molar refractivity (Wildman–Crippen MR) is 86.6 cm³/mol. The fraction of sp³-hybridized carbons (Fsp3) is 0.562. The molecular weight excluding hydrogens is 300 g/mol. The number of nitrogens with zero attached hydrogens (tertiary/aromatic N) is 1. The van der Waals surface area contributed by atoms with Crippen molar-refractivity contribution >= 4 is 15.9 Å². The monoisotopic (exact) mass is 324 g/mol. The van der Waals surface area contributed by atoms with Gasteiger partial charge in [-0.15, -0.1) is 0 Å². The van der Waals surface area contributed by atoms with Gasteiger partial charge >= 0.3 is 0 Å². The molecule has 1 N–H and O–H groups in total. The van der Waals surface area contributed by atoms with Gasteiger partial charge in [-0.3, -0.25) is 4.79 Å². The van der Waals surface area contributed by atoms with Crippen LogP contribution in [0.4, 0.5) is 0 Å². The van der Waals surface area contributed by atoms with Crippen molar-refractivity contribution in [3.63, 3.8) is 0 Å². The Hall–Kier alpha value is -1.40. The Morgan fingerprint density at radius 3 is 2.36 bits per heavy atom. The van der Waals surface area contributed by atoms with Crippen molar-refractivity contribution in [1.29, 1.82) is 0 Å². The van der Waals surface area contributed by atoms with E-state index in [1.165, 1.54) is 4.31 Å². The van der Waals surface area contributed by atoms with Crippen LogP contribution >= 0.6 is 0 Å². The Labute approximate surface area is 132 Å². The van der Waals surface area contributed by atoms with Gasteiger partial charge in [0, 0.05) is 25.0 Å². The Morgan fingerprint density at radius 1 is 1.23 bits per heavy atom. The standard InChI is InChI=1S/C16H24N2O3S/c1-13(2)17-16(19)15-8-10-18(11-9-15)22(20,21)12-14-6-4-3-5-7-14/h3-7,13,15H,8-12H2,1-2H3,(H,17,19). The fourth-order valence-electron chi connectivity index (χ4n) is 2.67. The van der Waals surface area contributed by atoms with Crippen LogP contribution in [0.25, 0.3) is 0 Å². The minimum Gasteiger partial charge on any atom is -0.354 e. The Morgan fingerprint density at radius 2 is 1.82 bits per heavy atom. The summed E-state index contributed by atoms with van der Waals surface area (Å²) in [5.41, 5.74) is 0.794. The van der Waals surface area contributed by atoms with Gasteiger partial charge in [-0.25, -0.2) is 12.7 Å². The molecule has 1 aliphatic heterocycles. The smallest absolute Gasteiger partial charge is 0.223 e. The maximum atomic E-state index is 12.4. The van der Waals surface area contributed by atoms with E-state index < -0.39 is 10.0 Å². The summed E-state index contributed by atoms with van der Waals surface area (Å²) >= 11 is 0. The molecular formula is C16H24N2O3S. The summed E-state index contributed by atoms with van der Waals surface area (Å²) in [6.45, 7) is 4.70. The van der Waals surface area contributed by atoms with Crippen LogP contribution in [0.15, 0.2) is 30.3 Å². The van der Waals surface area contributed by atoms with Gasteiger partial charge in [0.25, 0.3) is 0 Å². The molecule has 0 unspecified atom stereocenters.